The van der Waals surface area contributed by atoms with E-state index in [0.29, 0.717) is 0 Å². The molecule has 0 atom stereocenters. The molecule has 2 rings (SSSR count). The van der Waals surface area contributed by atoms with Gasteiger partial charge in [-0.2, -0.15) is 5.10 Å². The minimum atomic E-state index is 0.0158. The Labute approximate surface area is 114 Å². The van der Waals surface area contributed by atoms with Gasteiger partial charge in [0.15, 0.2) is 0 Å². The number of hydrogen-bond acceptors (Lipinski definition) is 3. The van der Waals surface area contributed by atoms with E-state index < -0.39 is 0 Å². The van der Waals surface area contributed by atoms with Crippen molar-refractivity contribution in [3.8, 4) is 5.69 Å². The predicted molar refractivity (Wildman–Crippen MR) is 77.7 cm³/mol. The average molecular weight is 259 g/mol. The quantitative estimate of drug-likeness (QED) is 0.891. The van der Waals surface area contributed by atoms with Crippen LogP contribution in [-0.2, 0) is 12.0 Å². The van der Waals surface area contributed by atoms with Crippen LogP contribution in [0.1, 0.15) is 32.0 Å². The second-order valence-corrected chi connectivity index (χ2v) is 5.65. The zero-order chi connectivity index (χ0) is 14.0. The number of benzene rings is 1. The van der Waals surface area contributed by atoms with Crippen molar-refractivity contribution in [2.24, 2.45) is 0 Å². The number of anilines is 1. The Bertz CT molecular complexity index is 550. The third-order valence-electron chi connectivity index (χ3n) is 3.10. The van der Waals surface area contributed by atoms with Crippen LogP contribution in [-0.4, -0.2) is 21.9 Å². The highest BCUT2D eigenvalue weighted by Crippen LogP contribution is 2.26. The van der Waals surface area contributed by atoms with Crippen molar-refractivity contribution in [3.05, 3.63) is 41.6 Å². The van der Waals surface area contributed by atoms with Gasteiger partial charge in [-0.15, -0.1) is 0 Å². The number of nitrogens with zero attached hydrogens (tertiary/aromatic N) is 2. The van der Waals surface area contributed by atoms with Crippen LogP contribution in [0.2, 0.25) is 0 Å². The van der Waals surface area contributed by atoms with E-state index in [-0.39, 0.29) is 12.0 Å². The highest BCUT2D eigenvalue weighted by atomic mass is 16.3. The summed E-state index contributed by atoms with van der Waals surface area (Å²) < 4.78 is 1.89. The molecule has 102 valence electrons. The Morgan fingerprint density at radius 1 is 1.21 bits per heavy atom. The van der Waals surface area contributed by atoms with Crippen LogP contribution in [0.5, 0.6) is 0 Å². The van der Waals surface area contributed by atoms with E-state index in [2.05, 4.69) is 37.3 Å². The van der Waals surface area contributed by atoms with Crippen molar-refractivity contribution in [3.63, 3.8) is 0 Å². The first-order chi connectivity index (χ1) is 8.95. The van der Waals surface area contributed by atoms with Crippen LogP contribution in [0.3, 0.4) is 0 Å². The van der Waals surface area contributed by atoms with E-state index in [0.717, 1.165) is 22.8 Å². The van der Waals surface area contributed by atoms with Gasteiger partial charge >= 0.3 is 0 Å². The lowest BCUT2D eigenvalue weighted by atomic mass is 9.92. The van der Waals surface area contributed by atoms with Crippen molar-refractivity contribution >= 4 is 5.82 Å². The number of aliphatic hydroxyl groups is 1. The molecule has 2 aromatic rings. The highest BCUT2D eigenvalue weighted by molar-refractivity contribution is 5.47. The molecule has 0 radical (unpaired) electrons. The summed E-state index contributed by atoms with van der Waals surface area (Å²) in [5.41, 5.74) is 2.94. The van der Waals surface area contributed by atoms with Gasteiger partial charge in [0.25, 0.3) is 0 Å². The number of rotatable bonds is 3. The normalized spacial score (nSPS) is 11.6. The van der Waals surface area contributed by atoms with Gasteiger partial charge in [0.2, 0.25) is 0 Å². The molecule has 0 unspecified atom stereocenters. The summed E-state index contributed by atoms with van der Waals surface area (Å²) in [4.78, 5) is 0. The molecule has 0 spiro atoms. The molecule has 19 heavy (non-hydrogen) atoms. The molecule has 1 aromatic heterocycles. The minimum absolute atomic E-state index is 0.0158. The maximum absolute atomic E-state index is 9.08. The van der Waals surface area contributed by atoms with Gasteiger partial charge in [0.05, 0.1) is 18.0 Å². The lowest BCUT2D eigenvalue weighted by Crippen LogP contribution is -2.12. The Hall–Kier alpha value is -1.81. The van der Waals surface area contributed by atoms with Crippen molar-refractivity contribution in [1.29, 1.82) is 0 Å². The second kappa shape index (κ2) is 5.05. The van der Waals surface area contributed by atoms with Crippen LogP contribution < -0.4 is 5.32 Å². The summed E-state index contributed by atoms with van der Waals surface area (Å²) in [6, 6.07) is 9.82. The monoisotopic (exact) mass is 259 g/mol. The maximum atomic E-state index is 9.08. The van der Waals surface area contributed by atoms with Gasteiger partial charge in [0, 0.05) is 18.5 Å². The first-order valence-corrected chi connectivity index (χ1v) is 6.44. The second-order valence-electron chi connectivity index (χ2n) is 5.65. The van der Waals surface area contributed by atoms with Crippen LogP contribution >= 0.6 is 0 Å². The molecule has 1 aromatic carbocycles. The molecule has 0 saturated heterocycles. The van der Waals surface area contributed by atoms with E-state index in [1.807, 2.05) is 36.0 Å². The molecule has 0 saturated carbocycles. The molecular weight excluding hydrogens is 238 g/mol. The molecule has 0 aliphatic heterocycles. The van der Waals surface area contributed by atoms with E-state index in [1.54, 1.807) is 0 Å². The minimum Gasteiger partial charge on any atom is -0.392 e. The standard InChI is InChI=1S/C15H21N3O/c1-15(2,3)13-9-14(16-4)18(17-13)12-7-5-11(10-19)6-8-12/h5-9,16,19H,10H2,1-4H3. The Kier molecular flexibility index (Phi) is 3.62. The molecule has 0 aliphatic carbocycles. The third-order valence-corrected chi connectivity index (χ3v) is 3.10. The van der Waals surface area contributed by atoms with Crippen LogP contribution in [0.15, 0.2) is 30.3 Å². The Morgan fingerprint density at radius 2 is 1.84 bits per heavy atom. The van der Waals surface area contributed by atoms with Crippen molar-refractivity contribution < 1.29 is 5.11 Å². The molecule has 4 nitrogen and oxygen atoms in total. The SMILES string of the molecule is CNc1cc(C(C)(C)C)nn1-c1ccc(CO)cc1. The first-order valence-electron chi connectivity index (χ1n) is 6.44. The molecule has 2 N–H and O–H groups in total. The largest absolute Gasteiger partial charge is 0.392 e. The highest BCUT2D eigenvalue weighted by Gasteiger charge is 2.20. The van der Waals surface area contributed by atoms with Crippen molar-refractivity contribution in [2.45, 2.75) is 32.8 Å². The van der Waals surface area contributed by atoms with Crippen LogP contribution in [0, 0.1) is 0 Å². The molecule has 0 fully saturated rings. The summed E-state index contributed by atoms with van der Waals surface area (Å²) in [6.07, 6.45) is 0. The topological polar surface area (TPSA) is 50.1 Å². The number of nitrogens with one attached hydrogen (secondary N) is 1. The molecule has 0 amide bonds. The van der Waals surface area contributed by atoms with Crippen LogP contribution in [0.25, 0.3) is 5.69 Å². The van der Waals surface area contributed by atoms with E-state index in [9.17, 15) is 0 Å². The van der Waals surface area contributed by atoms with Crippen molar-refractivity contribution in [1.82, 2.24) is 9.78 Å². The zero-order valence-electron chi connectivity index (χ0n) is 11.9. The molecule has 0 aliphatic rings. The predicted octanol–water partition coefficient (Wildman–Crippen LogP) is 2.70. The fourth-order valence-corrected chi connectivity index (χ4v) is 1.87. The van der Waals surface area contributed by atoms with E-state index in [4.69, 9.17) is 5.11 Å². The summed E-state index contributed by atoms with van der Waals surface area (Å²) >= 11 is 0. The lowest BCUT2D eigenvalue weighted by Gasteiger charge is -2.14. The zero-order valence-corrected chi connectivity index (χ0v) is 11.9. The maximum Gasteiger partial charge on any atom is 0.129 e. The summed E-state index contributed by atoms with van der Waals surface area (Å²) in [5.74, 6) is 0.960. The average Bonchev–Trinajstić information content (AvgIpc) is 2.83. The molecule has 1 heterocycles. The van der Waals surface area contributed by atoms with E-state index >= 15 is 0 Å². The summed E-state index contributed by atoms with van der Waals surface area (Å²) in [5, 5.41) is 16.9. The smallest absolute Gasteiger partial charge is 0.129 e. The number of aliphatic hydroxyl groups excluding tert-OH is 1. The summed E-state index contributed by atoms with van der Waals surface area (Å²) in [6.45, 7) is 6.50. The van der Waals surface area contributed by atoms with Gasteiger partial charge in [-0.05, 0) is 17.7 Å². The van der Waals surface area contributed by atoms with Crippen molar-refractivity contribution in [2.75, 3.05) is 12.4 Å². The number of aromatic nitrogens is 2. The summed E-state index contributed by atoms with van der Waals surface area (Å²) in [7, 11) is 1.89. The van der Waals surface area contributed by atoms with Gasteiger partial charge in [-0.25, -0.2) is 4.68 Å². The van der Waals surface area contributed by atoms with Gasteiger partial charge in [0.1, 0.15) is 5.82 Å². The fourth-order valence-electron chi connectivity index (χ4n) is 1.87. The Morgan fingerprint density at radius 3 is 2.32 bits per heavy atom. The number of hydrogen-bond donors (Lipinski definition) is 2. The fraction of sp³-hybridized carbons (Fsp3) is 0.400. The van der Waals surface area contributed by atoms with Gasteiger partial charge in [-0.3, -0.25) is 0 Å². The van der Waals surface area contributed by atoms with Crippen LogP contribution in [0.4, 0.5) is 5.82 Å². The lowest BCUT2D eigenvalue weighted by molar-refractivity contribution is 0.282. The molecular formula is C15H21N3O. The Balaban J connectivity index is 2.45. The molecule has 0 bridgehead atoms. The third kappa shape index (κ3) is 2.79. The molecule has 4 heteroatoms. The van der Waals surface area contributed by atoms with Gasteiger partial charge in [-0.1, -0.05) is 32.9 Å². The van der Waals surface area contributed by atoms with E-state index in [1.165, 1.54) is 0 Å². The van der Waals surface area contributed by atoms with Gasteiger partial charge < -0.3 is 10.4 Å². The first kappa shape index (κ1) is 13.6.